The zero-order chi connectivity index (χ0) is 13.6. The lowest BCUT2D eigenvalue weighted by Crippen LogP contribution is -2.51. The summed E-state index contributed by atoms with van der Waals surface area (Å²) >= 11 is 0. The van der Waals surface area contributed by atoms with E-state index in [1.807, 2.05) is 13.8 Å². The number of rotatable bonds is 5. The number of carbonyl (C=O) groups excluding carboxylic acids is 2. The highest BCUT2D eigenvalue weighted by molar-refractivity contribution is 5.88. The Balaban J connectivity index is 2.45. The Kier molecular flexibility index (Phi) is 5.55. The van der Waals surface area contributed by atoms with E-state index in [1.54, 1.807) is 0 Å². The Morgan fingerprint density at radius 1 is 1.33 bits per heavy atom. The number of hydrogen-bond donors (Lipinski definition) is 3. The van der Waals surface area contributed by atoms with Crippen LogP contribution < -0.4 is 16.4 Å². The van der Waals surface area contributed by atoms with E-state index >= 15 is 0 Å². The van der Waals surface area contributed by atoms with Crippen LogP contribution in [0, 0.1) is 5.41 Å². The van der Waals surface area contributed by atoms with Crippen molar-refractivity contribution in [2.24, 2.45) is 11.1 Å². The monoisotopic (exact) mass is 257 g/mol. The van der Waals surface area contributed by atoms with Crippen molar-refractivity contribution in [3.63, 3.8) is 0 Å². The first-order chi connectivity index (χ1) is 8.50. The van der Waals surface area contributed by atoms with Crippen LogP contribution in [-0.2, 0) is 14.3 Å². The van der Waals surface area contributed by atoms with Crippen molar-refractivity contribution in [3.05, 3.63) is 0 Å². The molecule has 0 spiro atoms. The lowest BCUT2D eigenvalue weighted by molar-refractivity contribution is -0.137. The van der Waals surface area contributed by atoms with Crippen molar-refractivity contribution in [3.8, 4) is 0 Å². The Morgan fingerprint density at radius 3 is 2.44 bits per heavy atom. The van der Waals surface area contributed by atoms with Crippen LogP contribution in [0.15, 0.2) is 0 Å². The third-order valence-electron chi connectivity index (χ3n) is 3.18. The third-order valence-corrected chi connectivity index (χ3v) is 3.18. The molecule has 2 amide bonds. The fourth-order valence-corrected chi connectivity index (χ4v) is 2.01. The largest absolute Gasteiger partial charge is 0.381 e. The minimum Gasteiger partial charge on any atom is -0.381 e. The van der Waals surface area contributed by atoms with E-state index in [0.717, 1.165) is 0 Å². The van der Waals surface area contributed by atoms with Gasteiger partial charge in [-0.1, -0.05) is 0 Å². The van der Waals surface area contributed by atoms with Crippen molar-refractivity contribution in [2.75, 3.05) is 26.3 Å². The van der Waals surface area contributed by atoms with Crippen molar-refractivity contribution in [2.45, 2.75) is 32.7 Å². The van der Waals surface area contributed by atoms with Gasteiger partial charge in [0.2, 0.25) is 11.8 Å². The maximum atomic E-state index is 12.1. The molecule has 1 aliphatic heterocycles. The van der Waals surface area contributed by atoms with Crippen molar-refractivity contribution < 1.29 is 14.3 Å². The maximum Gasteiger partial charge on any atom is 0.239 e. The molecule has 6 nitrogen and oxygen atoms in total. The summed E-state index contributed by atoms with van der Waals surface area (Å²) in [6.45, 7) is 5.12. The average Bonchev–Trinajstić information content (AvgIpc) is 2.36. The zero-order valence-electron chi connectivity index (χ0n) is 11.1. The molecule has 1 fully saturated rings. The van der Waals surface area contributed by atoms with Crippen LogP contribution in [0.4, 0.5) is 0 Å². The summed E-state index contributed by atoms with van der Waals surface area (Å²) in [6, 6.07) is 0.0703. The number of nitrogens with one attached hydrogen (secondary N) is 2. The number of hydrogen-bond acceptors (Lipinski definition) is 4. The van der Waals surface area contributed by atoms with E-state index in [-0.39, 0.29) is 30.9 Å². The smallest absolute Gasteiger partial charge is 0.239 e. The number of amides is 2. The van der Waals surface area contributed by atoms with Crippen molar-refractivity contribution >= 4 is 11.8 Å². The molecule has 18 heavy (non-hydrogen) atoms. The normalized spacial score (nSPS) is 18.4. The predicted molar refractivity (Wildman–Crippen MR) is 67.8 cm³/mol. The highest BCUT2D eigenvalue weighted by Crippen LogP contribution is 2.29. The van der Waals surface area contributed by atoms with Crippen LogP contribution in [0.2, 0.25) is 0 Å². The molecule has 6 heteroatoms. The highest BCUT2D eigenvalue weighted by Gasteiger charge is 2.38. The standard InChI is InChI=1S/C12H23N3O3/c1-9(2)15-10(16)7-14-11(17)12(8-13)3-5-18-6-4-12/h9H,3-8,13H2,1-2H3,(H,14,17)(H,15,16). The summed E-state index contributed by atoms with van der Waals surface area (Å²) in [6.07, 6.45) is 1.22. The molecule has 1 aliphatic rings. The predicted octanol–water partition coefficient (Wildman–Crippen LogP) is -0.617. The van der Waals surface area contributed by atoms with Gasteiger partial charge in [-0.2, -0.15) is 0 Å². The fourth-order valence-electron chi connectivity index (χ4n) is 2.01. The van der Waals surface area contributed by atoms with Crippen molar-refractivity contribution in [1.29, 1.82) is 0 Å². The van der Waals surface area contributed by atoms with Gasteiger partial charge in [0.05, 0.1) is 12.0 Å². The van der Waals surface area contributed by atoms with Gasteiger partial charge >= 0.3 is 0 Å². The van der Waals surface area contributed by atoms with Gasteiger partial charge in [0.1, 0.15) is 0 Å². The van der Waals surface area contributed by atoms with Gasteiger partial charge in [0.15, 0.2) is 0 Å². The second-order valence-corrected chi connectivity index (χ2v) is 5.00. The van der Waals surface area contributed by atoms with E-state index in [2.05, 4.69) is 10.6 Å². The van der Waals surface area contributed by atoms with Crippen LogP contribution in [0.1, 0.15) is 26.7 Å². The molecule has 0 bridgehead atoms. The first-order valence-corrected chi connectivity index (χ1v) is 6.35. The minimum absolute atomic E-state index is 0.000377. The molecule has 0 saturated carbocycles. The topological polar surface area (TPSA) is 93.5 Å². The molecule has 0 aromatic carbocycles. The summed E-state index contributed by atoms with van der Waals surface area (Å²) < 4.78 is 5.24. The Hall–Kier alpha value is -1.14. The van der Waals surface area contributed by atoms with E-state index in [1.165, 1.54) is 0 Å². The van der Waals surface area contributed by atoms with Gasteiger partial charge in [0, 0.05) is 25.8 Å². The molecular formula is C12H23N3O3. The van der Waals surface area contributed by atoms with Crippen LogP contribution in [0.25, 0.3) is 0 Å². The van der Waals surface area contributed by atoms with Gasteiger partial charge in [-0.05, 0) is 26.7 Å². The summed E-state index contributed by atoms with van der Waals surface area (Å²) in [5.41, 5.74) is 5.14. The lowest BCUT2D eigenvalue weighted by Gasteiger charge is -2.34. The SMILES string of the molecule is CC(C)NC(=O)CNC(=O)C1(CN)CCOCC1. The molecule has 0 aliphatic carbocycles. The number of nitrogens with two attached hydrogens (primary N) is 1. The van der Waals surface area contributed by atoms with Crippen LogP contribution >= 0.6 is 0 Å². The van der Waals surface area contributed by atoms with Crippen molar-refractivity contribution in [1.82, 2.24) is 10.6 Å². The molecule has 1 rings (SSSR count). The van der Waals surface area contributed by atoms with Crippen LogP contribution in [0.3, 0.4) is 0 Å². The van der Waals surface area contributed by atoms with Gasteiger partial charge < -0.3 is 21.1 Å². The van der Waals surface area contributed by atoms with Crippen LogP contribution in [-0.4, -0.2) is 44.2 Å². The van der Waals surface area contributed by atoms with Gasteiger partial charge in [-0.15, -0.1) is 0 Å². The Labute approximate surface area is 108 Å². The molecule has 0 unspecified atom stereocenters. The molecule has 104 valence electrons. The third kappa shape index (κ3) is 3.96. The molecule has 0 aromatic rings. The second kappa shape index (κ2) is 6.70. The molecule has 0 atom stereocenters. The van der Waals surface area contributed by atoms with E-state index < -0.39 is 5.41 Å². The minimum atomic E-state index is -0.573. The molecule has 1 saturated heterocycles. The highest BCUT2D eigenvalue weighted by atomic mass is 16.5. The van der Waals surface area contributed by atoms with Gasteiger partial charge in [-0.3, -0.25) is 9.59 Å². The van der Waals surface area contributed by atoms with Crippen LogP contribution in [0.5, 0.6) is 0 Å². The Bertz CT molecular complexity index is 299. The first-order valence-electron chi connectivity index (χ1n) is 6.35. The summed E-state index contributed by atoms with van der Waals surface area (Å²) in [7, 11) is 0. The van der Waals surface area contributed by atoms with Gasteiger partial charge in [0.25, 0.3) is 0 Å². The molecule has 0 radical (unpaired) electrons. The quantitative estimate of drug-likeness (QED) is 0.612. The van der Waals surface area contributed by atoms with E-state index in [9.17, 15) is 9.59 Å². The summed E-state index contributed by atoms with van der Waals surface area (Å²) in [5.74, 6) is -0.329. The average molecular weight is 257 g/mol. The molecule has 0 aromatic heterocycles. The molecule has 4 N–H and O–H groups in total. The zero-order valence-corrected chi connectivity index (χ0v) is 11.1. The number of carbonyl (C=O) groups is 2. The number of ether oxygens (including phenoxy) is 1. The second-order valence-electron chi connectivity index (χ2n) is 5.00. The van der Waals surface area contributed by atoms with E-state index in [4.69, 9.17) is 10.5 Å². The first kappa shape index (κ1) is 14.9. The summed E-state index contributed by atoms with van der Waals surface area (Å²) in [4.78, 5) is 23.6. The fraction of sp³-hybridized carbons (Fsp3) is 0.833. The van der Waals surface area contributed by atoms with E-state index in [0.29, 0.717) is 26.1 Å². The molecular weight excluding hydrogens is 234 g/mol. The Morgan fingerprint density at radius 2 is 1.94 bits per heavy atom. The molecule has 1 heterocycles. The summed E-state index contributed by atoms with van der Waals surface area (Å²) in [5, 5.41) is 5.38. The maximum absolute atomic E-state index is 12.1. The lowest BCUT2D eigenvalue weighted by atomic mass is 9.79. The van der Waals surface area contributed by atoms with Gasteiger partial charge in [-0.25, -0.2) is 0 Å².